The van der Waals surface area contributed by atoms with Crippen LogP contribution < -0.4 is 5.32 Å². The molecule has 1 amide bonds. The summed E-state index contributed by atoms with van der Waals surface area (Å²) in [5.74, 6) is 0.422. The van der Waals surface area contributed by atoms with E-state index in [0.29, 0.717) is 12.2 Å². The maximum Gasteiger partial charge on any atom is 0.232 e. The summed E-state index contributed by atoms with van der Waals surface area (Å²) in [6.07, 6.45) is 2.11. The first-order valence-electron chi connectivity index (χ1n) is 7.03. The number of aromatic nitrogens is 2. The van der Waals surface area contributed by atoms with Crippen LogP contribution in [0.3, 0.4) is 0 Å². The second-order valence-corrected chi connectivity index (χ2v) is 8.49. The van der Waals surface area contributed by atoms with Gasteiger partial charge in [0.25, 0.3) is 0 Å². The molecule has 2 atom stereocenters. The van der Waals surface area contributed by atoms with Crippen molar-refractivity contribution in [3.8, 4) is 0 Å². The van der Waals surface area contributed by atoms with Crippen LogP contribution in [-0.4, -0.2) is 35.6 Å². The number of nitrogens with zero attached hydrogens (tertiary/aromatic N) is 2. The quantitative estimate of drug-likeness (QED) is 0.924. The van der Waals surface area contributed by atoms with Crippen molar-refractivity contribution in [2.75, 3.05) is 16.8 Å². The van der Waals surface area contributed by atoms with Crippen LogP contribution in [0.1, 0.15) is 30.9 Å². The fourth-order valence-corrected chi connectivity index (χ4v) is 5.03. The zero-order chi connectivity index (χ0) is 15.7. The lowest BCUT2D eigenvalue weighted by atomic mass is 10.0. The average Bonchev–Trinajstić information content (AvgIpc) is 3.18. The molecule has 6 nitrogen and oxygen atoms in total. The van der Waals surface area contributed by atoms with Gasteiger partial charge in [0.05, 0.1) is 29.7 Å². The minimum Gasteiger partial charge on any atom is -0.310 e. The Balaban J connectivity index is 1.74. The van der Waals surface area contributed by atoms with E-state index in [1.807, 2.05) is 23.8 Å². The van der Waals surface area contributed by atoms with Crippen LogP contribution in [0.4, 0.5) is 5.82 Å². The zero-order valence-corrected chi connectivity index (χ0v) is 13.7. The van der Waals surface area contributed by atoms with Crippen LogP contribution in [-0.2, 0) is 14.6 Å². The summed E-state index contributed by atoms with van der Waals surface area (Å²) in [6, 6.07) is 3.42. The largest absolute Gasteiger partial charge is 0.310 e. The molecule has 118 valence electrons. The lowest BCUT2D eigenvalue weighted by Crippen LogP contribution is -2.22. The molecule has 0 unspecified atom stereocenters. The fraction of sp³-hybridized carbons (Fsp3) is 0.429. The Morgan fingerprint density at radius 3 is 2.95 bits per heavy atom. The van der Waals surface area contributed by atoms with Gasteiger partial charge in [-0.3, -0.25) is 4.79 Å². The molecule has 0 radical (unpaired) electrons. The molecular weight excluding hydrogens is 322 g/mol. The van der Waals surface area contributed by atoms with E-state index < -0.39 is 9.84 Å². The molecule has 0 aliphatic carbocycles. The van der Waals surface area contributed by atoms with E-state index in [1.54, 1.807) is 28.3 Å². The Labute approximate surface area is 133 Å². The van der Waals surface area contributed by atoms with Crippen molar-refractivity contribution in [1.82, 2.24) is 9.78 Å². The van der Waals surface area contributed by atoms with Crippen LogP contribution in [0.25, 0.3) is 0 Å². The normalized spacial score (nSPS) is 21.6. The number of amides is 1. The number of hydrogen-bond acceptors (Lipinski definition) is 5. The first kappa shape index (κ1) is 15.2. The maximum absolute atomic E-state index is 12.3. The van der Waals surface area contributed by atoms with E-state index in [2.05, 4.69) is 10.4 Å². The molecule has 1 N–H and O–H groups in total. The number of hydrogen-bond donors (Lipinski definition) is 1. The Morgan fingerprint density at radius 1 is 1.50 bits per heavy atom. The van der Waals surface area contributed by atoms with Crippen molar-refractivity contribution in [2.24, 2.45) is 0 Å². The first-order chi connectivity index (χ1) is 10.5. The van der Waals surface area contributed by atoms with Gasteiger partial charge in [-0.15, -0.1) is 0 Å². The van der Waals surface area contributed by atoms with Gasteiger partial charge in [0.1, 0.15) is 5.82 Å². The molecule has 22 heavy (non-hydrogen) atoms. The molecule has 3 heterocycles. The molecule has 8 heteroatoms. The highest BCUT2D eigenvalue weighted by molar-refractivity contribution is 7.91. The lowest BCUT2D eigenvalue weighted by molar-refractivity contribution is -0.117. The maximum atomic E-state index is 12.3. The topological polar surface area (TPSA) is 81.1 Å². The monoisotopic (exact) mass is 339 g/mol. The highest BCUT2D eigenvalue weighted by atomic mass is 32.2. The molecule has 0 bridgehead atoms. The minimum absolute atomic E-state index is 0.0810. The van der Waals surface area contributed by atoms with Gasteiger partial charge in [-0.1, -0.05) is 0 Å². The van der Waals surface area contributed by atoms with Crippen molar-refractivity contribution in [2.45, 2.75) is 25.3 Å². The van der Waals surface area contributed by atoms with Gasteiger partial charge < -0.3 is 5.32 Å². The smallest absolute Gasteiger partial charge is 0.232 e. The fourth-order valence-electron chi connectivity index (χ4n) is 2.58. The van der Waals surface area contributed by atoms with Gasteiger partial charge in [0.2, 0.25) is 5.91 Å². The predicted molar refractivity (Wildman–Crippen MR) is 85.9 cm³/mol. The van der Waals surface area contributed by atoms with Gasteiger partial charge in [-0.05, 0) is 35.7 Å². The molecule has 1 aliphatic heterocycles. The van der Waals surface area contributed by atoms with Crippen molar-refractivity contribution in [1.29, 1.82) is 0 Å². The first-order valence-corrected chi connectivity index (χ1v) is 9.79. The lowest BCUT2D eigenvalue weighted by Gasteiger charge is -2.15. The number of thiophene rings is 1. The van der Waals surface area contributed by atoms with Crippen molar-refractivity contribution in [3.05, 3.63) is 34.7 Å². The third-order valence-electron chi connectivity index (χ3n) is 3.91. The second kappa shape index (κ2) is 5.85. The van der Waals surface area contributed by atoms with Crippen molar-refractivity contribution >= 4 is 32.9 Å². The zero-order valence-electron chi connectivity index (χ0n) is 12.1. The Morgan fingerprint density at radius 2 is 2.32 bits per heavy atom. The van der Waals surface area contributed by atoms with E-state index in [4.69, 9.17) is 0 Å². The summed E-state index contributed by atoms with van der Waals surface area (Å²) in [5.41, 5.74) is 0.969. The summed E-state index contributed by atoms with van der Waals surface area (Å²) in [4.78, 5) is 12.3. The highest BCUT2D eigenvalue weighted by Gasteiger charge is 2.31. The minimum atomic E-state index is -2.99. The SMILES string of the molecule is C[C@H](C(=O)Nc1ccnn1[C@H]1CCS(=O)(=O)C1)c1ccsc1. The summed E-state index contributed by atoms with van der Waals surface area (Å²) in [5, 5.41) is 10.9. The molecule has 0 saturated carbocycles. The van der Waals surface area contributed by atoms with E-state index in [1.165, 1.54) is 0 Å². The van der Waals surface area contributed by atoms with Crippen LogP contribution in [0, 0.1) is 0 Å². The number of anilines is 1. The van der Waals surface area contributed by atoms with E-state index in [-0.39, 0.29) is 29.4 Å². The number of rotatable bonds is 4. The number of carbonyl (C=O) groups excluding carboxylic acids is 1. The summed E-state index contributed by atoms with van der Waals surface area (Å²) in [7, 11) is -2.99. The predicted octanol–water partition coefficient (Wildman–Crippen LogP) is 2.05. The number of sulfone groups is 1. The van der Waals surface area contributed by atoms with Gasteiger partial charge >= 0.3 is 0 Å². The molecule has 1 saturated heterocycles. The van der Waals surface area contributed by atoms with E-state index in [9.17, 15) is 13.2 Å². The Hall–Kier alpha value is -1.67. The molecule has 3 rings (SSSR count). The summed E-state index contributed by atoms with van der Waals surface area (Å²) >= 11 is 1.55. The van der Waals surface area contributed by atoms with Crippen LogP contribution in [0.2, 0.25) is 0 Å². The molecule has 2 aromatic rings. The molecule has 0 spiro atoms. The second-order valence-electron chi connectivity index (χ2n) is 5.49. The molecular formula is C14H17N3O3S2. The van der Waals surface area contributed by atoms with E-state index in [0.717, 1.165) is 5.56 Å². The molecule has 2 aromatic heterocycles. The Kier molecular flexibility index (Phi) is 4.05. The van der Waals surface area contributed by atoms with Gasteiger partial charge in [0, 0.05) is 6.07 Å². The van der Waals surface area contributed by atoms with Crippen molar-refractivity contribution in [3.63, 3.8) is 0 Å². The molecule has 1 aliphatic rings. The standard InChI is InChI=1S/C14H17N3O3S2/c1-10(11-3-6-21-8-11)14(18)16-13-2-5-15-17(13)12-4-7-22(19,20)9-12/h2-3,5-6,8,10,12H,4,7,9H2,1H3,(H,16,18)/t10-,12-/m0/s1. The van der Waals surface area contributed by atoms with Gasteiger partial charge in [0.15, 0.2) is 9.84 Å². The Bertz CT molecular complexity index is 765. The third kappa shape index (κ3) is 3.07. The molecule has 1 fully saturated rings. The van der Waals surface area contributed by atoms with Crippen LogP contribution in [0.15, 0.2) is 29.1 Å². The highest BCUT2D eigenvalue weighted by Crippen LogP contribution is 2.27. The van der Waals surface area contributed by atoms with Crippen LogP contribution >= 0.6 is 11.3 Å². The summed E-state index contributed by atoms with van der Waals surface area (Å²) < 4.78 is 24.8. The van der Waals surface area contributed by atoms with Crippen molar-refractivity contribution < 1.29 is 13.2 Å². The third-order valence-corrected chi connectivity index (χ3v) is 6.36. The molecule has 0 aromatic carbocycles. The summed E-state index contributed by atoms with van der Waals surface area (Å²) in [6.45, 7) is 1.85. The van der Waals surface area contributed by atoms with E-state index >= 15 is 0 Å². The van der Waals surface area contributed by atoms with Crippen LogP contribution in [0.5, 0.6) is 0 Å². The van der Waals surface area contributed by atoms with Gasteiger partial charge in [-0.25, -0.2) is 13.1 Å². The number of carbonyl (C=O) groups is 1. The van der Waals surface area contributed by atoms with Gasteiger partial charge in [-0.2, -0.15) is 16.4 Å². The average molecular weight is 339 g/mol. The number of nitrogens with one attached hydrogen (secondary N) is 1.